The van der Waals surface area contributed by atoms with Crippen molar-refractivity contribution < 1.29 is 14.0 Å². The predicted octanol–water partition coefficient (Wildman–Crippen LogP) is 3.69. The number of nitrogens with zero attached hydrogens (tertiary/aromatic N) is 3. The van der Waals surface area contributed by atoms with Crippen LogP contribution in [0.1, 0.15) is 44.1 Å². The third kappa shape index (κ3) is 5.25. The normalized spacial score (nSPS) is 14.8. The third-order valence-corrected chi connectivity index (χ3v) is 5.65. The molecule has 6 heteroatoms. The van der Waals surface area contributed by atoms with E-state index in [1.807, 2.05) is 54.1 Å². The first-order valence-corrected chi connectivity index (χ1v) is 10.5. The maximum Gasteiger partial charge on any atom is 0.228 e. The largest absolute Gasteiger partial charge is 0.441 e. The number of benzene rings is 1. The summed E-state index contributed by atoms with van der Waals surface area (Å²) < 4.78 is 5.76. The molecule has 2 amide bonds. The highest BCUT2D eigenvalue weighted by Crippen LogP contribution is 2.24. The molecule has 1 fully saturated rings. The molecule has 2 aromatic rings. The number of hydrogen-bond donors (Lipinski definition) is 0. The molecule has 0 N–H and O–H groups in total. The van der Waals surface area contributed by atoms with E-state index in [4.69, 9.17) is 4.42 Å². The Bertz CT molecular complexity index is 823. The lowest BCUT2D eigenvalue weighted by atomic mass is 9.95. The van der Waals surface area contributed by atoms with E-state index in [-0.39, 0.29) is 24.2 Å². The molecule has 0 saturated carbocycles. The fraction of sp³-hybridized carbons (Fsp3) is 0.522. The Kier molecular flexibility index (Phi) is 7.07. The Morgan fingerprint density at radius 3 is 2.55 bits per heavy atom. The average Bonchev–Trinajstić information content (AvgIpc) is 3.12. The average molecular weight is 398 g/mol. The van der Waals surface area contributed by atoms with E-state index in [9.17, 15) is 9.59 Å². The highest BCUT2D eigenvalue weighted by molar-refractivity contribution is 5.81. The Balaban J connectivity index is 1.54. The smallest absolute Gasteiger partial charge is 0.228 e. The van der Waals surface area contributed by atoms with E-state index in [1.165, 1.54) is 0 Å². The second-order valence-electron chi connectivity index (χ2n) is 7.83. The molecule has 1 aliphatic rings. The van der Waals surface area contributed by atoms with Crippen molar-refractivity contribution in [2.75, 3.05) is 26.7 Å². The van der Waals surface area contributed by atoms with E-state index in [0.717, 1.165) is 37.8 Å². The van der Waals surface area contributed by atoms with Crippen LogP contribution in [0.3, 0.4) is 0 Å². The van der Waals surface area contributed by atoms with Crippen LogP contribution in [0, 0.1) is 12.8 Å². The Labute approximate surface area is 172 Å². The molecule has 1 saturated heterocycles. The van der Waals surface area contributed by atoms with Crippen LogP contribution >= 0.6 is 0 Å². The van der Waals surface area contributed by atoms with Crippen LogP contribution in [0.25, 0.3) is 11.5 Å². The number of oxazole rings is 1. The van der Waals surface area contributed by atoms with Gasteiger partial charge in [-0.05, 0) is 38.3 Å². The van der Waals surface area contributed by atoms with Gasteiger partial charge in [-0.2, -0.15) is 0 Å². The topological polar surface area (TPSA) is 66.7 Å². The second kappa shape index (κ2) is 9.72. The van der Waals surface area contributed by atoms with Gasteiger partial charge in [0.15, 0.2) is 0 Å². The van der Waals surface area contributed by atoms with Crippen LogP contribution < -0.4 is 0 Å². The van der Waals surface area contributed by atoms with Gasteiger partial charge < -0.3 is 14.2 Å². The zero-order chi connectivity index (χ0) is 20.8. The lowest BCUT2D eigenvalue weighted by molar-refractivity contribution is -0.139. The molecule has 0 spiro atoms. The molecule has 0 bridgehead atoms. The van der Waals surface area contributed by atoms with E-state index in [2.05, 4.69) is 11.9 Å². The Morgan fingerprint density at radius 1 is 1.21 bits per heavy atom. The first-order valence-electron chi connectivity index (χ1n) is 10.5. The lowest BCUT2D eigenvalue weighted by Crippen LogP contribution is -2.44. The van der Waals surface area contributed by atoms with Gasteiger partial charge in [0.1, 0.15) is 5.76 Å². The van der Waals surface area contributed by atoms with Crippen molar-refractivity contribution in [2.24, 2.45) is 5.92 Å². The van der Waals surface area contributed by atoms with Gasteiger partial charge in [0.25, 0.3) is 0 Å². The molecule has 3 rings (SSSR count). The van der Waals surface area contributed by atoms with Crippen molar-refractivity contribution in [1.82, 2.24) is 14.8 Å². The Morgan fingerprint density at radius 2 is 1.90 bits per heavy atom. The maximum atomic E-state index is 12.8. The van der Waals surface area contributed by atoms with Crippen molar-refractivity contribution in [3.8, 4) is 11.5 Å². The number of likely N-dealkylation sites (tertiary alicyclic amines) is 1. The number of unbranched alkanes of at least 4 members (excludes halogenated alkanes) is 1. The van der Waals surface area contributed by atoms with Crippen molar-refractivity contribution in [1.29, 1.82) is 0 Å². The van der Waals surface area contributed by atoms with Crippen molar-refractivity contribution in [2.45, 2.75) is 46.0 Å². The molecule has 1 aromatic carbocycles. The van der Waals surface area contributed by atoms with Gasteiger partial charge in [-0.25, -0.2) is 4.98 Å². The highest BCUT2D eigenvalue weighted by atomic mass is 16.4. The number of piperidine rings is 1. The predicted molar refractivity (Wildman–Crippen MR) is 112 cm³/mol. The van der Waals surface area contributed by atoms with E-state index in [1.54, 1.807) is 0 Å². The first kappa shape index (κ1) is 21.1. The lowest BCUT2D eigenvalue weighted by Gasteiger charge is -2.33. The Hall–Kier alpha value is -2.63. The molecule has 1 aliphatic heterocycles. The van der Waals surface area contributed by atoms with E-state index < -0.39 is 0 Å². The summed E-state index contributed by atoms with van der Waals surface area (Å²) in [5, 5.41) is 0. The van der Waals surface area contributed by atoms with Crippen LogP contribution in [0.2, 0.25) is 0 Å². The second-order valence-corrected chi connectivity index (χ2v) is 7.83. The summed E-state index contributed by atoms with van der Waals surface area (Å²) >= 11 is 0. The van der Waals surface area contributed by atoms with Crippen LogP contribution in [0.5, 0.6) is 0 Å². The van der Waals surface area contributed by atoms with E-state index in [0.29, 0.717) is 30.4 Å². The highest BCUT2D eigenvalue weighted by Gasteiger charge is 2.29. The zero-order valence-corrected chi connectivity index (χ0v) is 17.7. The SMILES string of the molecule is CCCCN(C)C(=O)C1CCN(C(=O)Cc2nc(-c3ccccc3)oc2C)CC1. The summed E-state index contributed by atoms with van der Waals surface area (Å²) in [6.45, 7) is 6.03. The molecule has 0 aliphatic carbocycles. The maximum absolute atomic E-state index is 12.8. The quantitative estimate of drug-likeness (QED) is 0.715. The summed E-state index contributed by atoms with van der Waals surface area (Å²) in [5.74, 6) is 1.51. The van der Waals surface area contributed by atoms with Crippen molar-refractivity contribution in [3.05, 3.63) is 41.8 Å². The molecule has 0 radical (unpaired) electrons. The fourth-order valence-corrected chi connectivity index (χ4v) is 3.74. The number of carbonyl (C=O) groups excluding carboxylic acids is 2. The minimum atomic E-state index is 0.0272. The molecule has 29 heavy (non-hydrogen) atoms. The molecule has 6 nitrogen and oxygen atoms in total. The number of rotatable bonds is 7. The third-order valence-electron chi connectivity index (χ3n) is 5.65. The fourth-order valence-electron chi connectivity index (χ4n) is 3.74. The van der Waals surface area contributed by atoms with Gasteiger partial charge in [-0.1, -0.05) is 31.5 Å². The number of aromatic nitrogens is 1. The molecular formula is C23H31N3O3. The number of amides is 2. The summed E-state index contributed by atoms with van der Waals surface area (Å²) in [6.07, 6.45) is 3.80. The van der Waals surface area contributed by atoms with Crippen LogP contribution in [0.15, 0.2) is 34.7 Å². The summed E-state index contributed by atoms with van der Waals surface area (Å²) in [5.41, 5.74) is 1.59. The van der Waals surface area contributed by atoms with Gasteiger partial charge in [0.05, 0.1) is 12.1 Å². The van der Waals surface area contributed by atoms with Gasteiger partial charge in [-0.15, -0.1) is 0 Å². The summed E-state index contributed by atoms with van der Waals surface area (Å²) in [7, 11) is 1.88. The zero-order valence-electron chi connectivity index (χ0n) is 17.7. The van der Waals surface area contributed by atoms with Crippen molar-refractivity contribution in [3.63, 3.8) is 0 Å². The monoisotopic (exact) mass is 397 g/mol. The number of aryl methyl sites for hydroxylation is 1. The summed E-state index contributed by atoms with van der Waals surface area (Å²) in [4.78, 5) is 33.6. The minimum absolute atomic E-state index is 0.0272. The molecule has 2 heterocycles. The van der Waals surface area contributed by atoms with Crippen molar-refractivity contribution >= 4 is 11.8 Å². The van der Waals surface area contributed by atoms with Gasteiger partial charge in [-0.3, -0.25) is 9.59 Å². The molecule has 1 aromatic heterocycles. The van der Waals surface area contributed by atoms with E-state index >= 15 is 0 Å². The molecule has 0 unspecified atom stereocenters. The molecule has 0 atom stereocenters. The number of carbonyl (C=O) groups is 2. The molecule has 156 valence electrons. The van der Waals surface area contributed by atoms with Crippen LogP contribution in [-0.2, 0) is 16.0 Å². The standard InChI is InChI=1S/C23H31N3O3/c1-4-5-13-25(3)23(28)19-11-14-26(15-12-19)21(27)16-20-17(2)29-22(24-20)18-9-7-6-8-10-18/h6-10,19H,4-5,11-16H2,1-3H3. The van der Waals surface area contributed by atoms with Crippen LogP contribution in [-0.4, -0.2) is 53.3 Å². The van der Waals surface area contributed by atoms with Crippen LogP contribution in [0.4, 0.5) is 0 Å². The van der Waals surface area contributed by atoms with Gasteiger partial charge >= 0.3 is 0 Å². The molecular weight excluding hydrogens is 366 g/mol. The van der Waals surface area contributed by atoms with Gasteiger partial charge in [0.2, 0.25) is 17.7 Å². The first-order chi connectivity index (χ1) is 14.0. The number of hydrogen-bond acceptors (Lipinski definition) is 4. The van der Waals surface area contributed by atoms with Gasteiger partial charge in [0, 0.05) is 38.2 Å². The summed E-state index contributed by atoms with van der Waals surface area (Å²) in [6, 6.07) is 9.70. The minimum Gasteiger partial charge on any atom is -0.441 e.